The van der Waals surface area contributed by atoms with E-state index in [1.54, 1.807) is 0 Å². The van der Waals surface area contributed by atoms with Crippen molar-refractivity contribution in [2.75, 3.05) is 6.54 Å². The number of nitrogens with zero attached hydrogens (tertiary/aromatic N) is 3. The number of benzene rings is 3. The zero-order valence-corrected chi connectivity index (χ0v) is 12.0. The van der Waals surface area contributed by atoms with E-state index in [1.165, 1.54) is 0 Å². The summed E-state index contributed by atoms with van der Waals surface area (Å²) in [7, 11) is 0. The average molecular weight is 294 g/mol. The van der Waals surface area contributed by atoms with Gasteiger partial charge in [-0.3, -0.25) is 0 Å². The molecule has 3 aromatic carbocycles. The van der Waals surface area contributed by atoms with E-state index in [1.807, 2.05) is 48.6 Å². The number of halogens is 1. The number of rotatable bonds is 3. The normalized spacial score (nSPS) is 11.1. The standard InChI is InChI=1S/C17H12ClN3/c18-17-15-8-3-1-6-13(15)12(10-5-11-20-21-19)14-7-2-4-9-16(14)17/h1-10H,11H2. The molecule has 0 unspecified atom stereocenters. The van der Waals surface area contributed by atoms with Gasteiger partial charge in [0.15, 0.2) is 0 Å². The maximum absolute atomic E-state index is 8.35. The molecule has 0 amide bonds. The van der Waals surface area contributed by atoms with Crippen molar-refractivity contribution in [3.05, 3.63) is 75.6 Å². The van der Waals surface area contributed by atoms with Gasteiger partial charge in [0.25, 0.3) is 0 Å². The summed E-state index contributed by atoms with van der Waals surface area (Å²) in [6.07, 6.45) is 3.86. The summed E-state index contributed by atoms with van der Waals surface area (Å²) < 4.78 is 0. The highest BCUT2D eigenvalue weighted by Gasteiger charge is 2.09. The minimum Gasteiger partial charge on any atom is -0.0899 e. The number of hydrogen-bond acceptors (Lipinski definition) is 1. The van der Waals surface area contributed by atoms with Crippen molar-refractivity contribution >= 4 is 39.2 Å². The van der Waals surface area contributed by atoms with Gasteiger partial charge in [0.1, 0.15) is 0 Å². The summed E-state index contributed by atoms with van der Waals surface area (Å²) in [6, 6.07) is 16.1. The monoisotopic (exact) mass is 293 g/mol. The van der Waals surface area contributed by atoms with E-state index in [2.05, 4.69) is 22.2 Å². The largest absolute Gasteiger partial charge is 0.0899 e. The topological polar surface area (TPSA) is 48.8 Å². The molecule has 0 aliphatic rings. The molecule has 102 valence electrons. The first-order valence-electron chi connectivity index (χ1n) is 6.59. The third-order valence-corrected chi connectivity index (χ3v) is 3.85. The van der Waals surface area contributed by atoms with E-state index >= 15 is 0 Å². The molecule has 0 radical (unpaired) electrons. The maximum atomic E-state index is 8.35. The van der Waals surface area contributed by atoms with Crippen LogP contribution < -0.4 is 0 Å². The van der Waals surface area contributed by atoms with Gasteiger partial charge in [-0.1, -0.05) is 77.4 Å². The van der Waals surface area contributed by atoms with Crippen LogP contribution in [0.15, 0.2) is 59.7 Å². The molecule has 0 fully saturated rings. The van der Waals surface area contributed by atoms with Gasteiger partial charge in [-0.15, -0.1) is 0 Å². The van der Waals surface area contributed by atoms with Crippen molar-refractivity contribution in [2.45, 2.75) is 0 Å². The molecular weight excluding hydrogens is 282 g/mol. The van der Waals surface area contributed by atoms with Gasteiger partial charge in [0, 0.05) is 22.2 Å². The molecule has 21 heavy (non-hydrogen) atoms. The van der Waals surface area contributed by atoms with Crippen molar-refractivity contribution in [1.29, 1.82) is 0 Å². The molecule has 3 rings (SSSR count). The second kappa shape index (κ2) is 5.88. The molecule has 3 aromatic rings. The Balaban J connectivity index is 2.34. The zero-order valence-electron chi connectivity index (χ0n) is 11.2. The van der Waals surface area contributed by atoms with E-state index in [0.29, 0.717) is 6.54 Å². The van der Waals surface area contributed by atoms with Gasteiger partial charge in [-0.25, -0.2) is 0 Å². The molecule has 3 nitrogen and oxygen atoms in total. The SMILES string of the molecule is [N-]=[N+]=NCC=Cc1c2ccccc2c(Cl)c2ccccc12. The highest BCUT2D eigenvalue weighted by molar-refractivity contribution is 6.41. The zero-order chi connectivity index (χ0) is 14.7. The maximum Gasteiger partial charge on any atom is 0.0563 e. The van der Waals surface area contributed by atoms with Gasteiger partial charge in [-0.05, 0) is 21.9 Å². The lowest BCUT2D eigenvalue weighted by Crippen LogP contribution is -1.85. The van der Waals surface area contributed by atoms with E-state index in [0.717, 1.165) is 32.1 Å². The minimum atomic E-state index is 0.335. The Morgan fingerprint density at radius 2 is 1.48 bits per heavy atom. The minimum absolute atomic E-state index is 0.335. The van der Waals surface area contributed by atoms with Crippen LogP contribution >= 0.6 is 11.6 Å². The summed E-state index contributed by atoms with van der Waals surface area (Å²) >= 11 is 6.54. The third-order valence-electron chi connectivity index (χ3n) is 3.44. The summed E-state index contributed by atoms with van der Waals surface area (Å²) in [5, 5.41) is 8.55. The molecular formula is C17H12ClN3. The number of azide groups is 1. The quantitative estimate of drug-likeness (QED) is 0.247. The Bertz CT molecular complexity index is 836. The molecule has 4 heteroatoms. The van der Waals surface area contributed by atoms with Gasteiger partial charge in [0.2, 0.25) is 0 Å². The summed E-state index contributed by atoms with van der Waals surface area (Å²) in [5.74, 6) is 0. The predicted octanol–water partition coefficient (Wildman–Crippen LogP) is 5.97. The van der Waals surface area contributed by atoms with Crippen molar-refractivity contribution < 1.29 is 0 Å². The van der Waals surface area contributed by atoms with Crippen LogP contribution in [0, 0.1) is 0 Å². The van der Waals surface area contributed by atoms with Crippen LogP contribution in [0.4, 0.5) is 0 Å². The molecule has 0 bridgehead atoms. The average Bonchev–Trinajstić information content (AvgIpc) is 2.54. The van der Waals surface area contributed by atoms with E-state index in [4.69, 9.17) is 17.1 Å². The van der Waals surface area contributed by atoms with E-state index < -0.39 is 0 Å². The van der Waals surface area contributed by atoms with Gasteiger partial charge < -0.3 is 0 Å². The lowest BCUT2D eigenvalue weighted by Gasteiger charge is -2.10. The highest BCUT2D eigenvalue weighted by atomic mass is 35.5. The Kier molecular flexibility index (Phi) is 3.78. The second-order valence-electron chi connectivity index (χ2n) is 4.63. The summed E-state index contributed by atoms with van der Waals surface area (Å²) in [6.45, 7) is 0.335. The molecule has 0 N–H and O–H groups in total. The lowest BCUT2D eigenvalue weighted by atomic mass is 9.96. The smallest absolute Gasteiger partial charge is 0.0563 e. The summed E-state index contributed by atoms with van der Waals surface area (Å²) in [4.78, 5) is 2.76. The Morgan fingerprint density at radius 1 is 0.952 bits per heavy atom. The van der Waals surface area contributed by atoms with Crippen LogP contribution in [0.25, 0.3) is 38.1 Å². The molecule has 0 saturated carbocycles. The Morgan fingerprint density at radius 3 is 2.00 bits per heavy atom. The molecule has 0 atom stereocenters. The van der Waals surface area contributed by atoms with Crippen LogP contribution in [-0.2, 0) is 0 Å². The first kappa shape index (κ1) is 13.5. The van der Waals surface area contributed by atoms with Crippen molar-refractivity contribution in [1.82, 2.24) is 0 Å². The van der Waals surface area contributed by atoms with Crippen LogP contribution in [0.2, 0.25) is 5.02 Å². The first-order valence-corrected chi connectivity index (χ1v) is 6.97. The third kappa shape index (κ3) is 2.45. The van der Waals surface area contributed by atoms with Gasteiger partial charge in [-0.2, -0.15) is 0 Å². The second-order valence-corrected chi connectivity index (χ2v) is 5.01. The first-order chi connectivity index (χ1) is 10.3. The van der Waals surface area contributed by atoms with E-state index in [9.17, 15) is 0 Å². The van der Waals surface area contributed by atoms with Crippen molar-refractivity contribution in [3.8, 4) is 0 Å². The van der Waals surface area contributed by atoms with Crippen molar-refractivity contribution in [3.63, 3.8) is 0 Å². The molecule has 0 aliphatic carbocycles. The molecule has 0 spiro atoms. The number of hydrogen-bond donors (Lipinski definition) is 0. The summed E-state index contributed by atoms with van der Waals surface area (Å²) in [5.41, 5.74) is 9.45. The molecule has 0 aromatic heterocycles. The fourth-order valence-corrected chi connectivity index (χ4v) is 2.87. The molecule has 0 aliphatic heterocycles. The fraction of sp³-hybridized carbons (Fsp3) is 0.0588. The van der Waals surface area contributed by atoms with Crippen LogP contribution in [0.5, 0.6) is 0 Å². The Labute approximate surface area is 127 Å². The fourth-order valence-electron chi connectivity index (χ4n) is 2.54. The van der Waals surface area contributed by atoms with E-state index in [-0.39, 0.29) is 0 Å². The van der Waals surface area contributed by atoms with Crippen LogP contribution in [0.1, 0.15) is 5.56 Å². The predicted molar refractivity (Wildman–Crippen MR) is 89.5 cm³/mol. The lowest BCUT2D eigenvalue weighted by molar-refractivity contribution is 1.22. The van der Waals surface area contributed by atoms with Gasteiger partial charge >= 0.3 is 0 Å². The molecule has 0 saturated heterocycles. The molecule has 0 heterocycles. The van der Waals surface area contributed by atoms with Crippen LogP contribution in [0.3, 0.4) is 0 Å². The van der Waals surface area contributed by atoms with Crippen molar-refractivity contribution in [2.24, 2.45) is 5.11 Å². The highest BCUT2D eigenvalue weighted by Crippen LogP contribution is 2.36. The number of fused-ring (bicyclic) bond motifs is 2. The Hall–Kier alpha value is -2.48. The van der Waals surface area contributed by atoms with Gasteiger partial charge in [0.05, 0.1) is 5.02 Å². The van der Waals surface area contributed by atoms with Crippen LogP contribution in [-0.4, -0.2) is 6.54 Å².